The summed E-state index contributed by atoms with van der Waals surface area (Å²) >= 11 is 0. The summed E-state index contributed by atoms with van der Waals surface area (Å²) in [6.45, 7) is 7.02. The fourth-order valence-corrected chi connectivity index (χ4v) is 3.09. The second-order valence-electron chi connectivity index (χ2n) is 5.42. The molecule has 2 rings (SSSR count). The molecular formula is C15H21NO2S. The second-order valence-corrected chi connectivity index (χ2v) is 6.87. The Bertz CT molecular complexity index is 479. The zero-order chi connectivity index (χ0) is 13.8. The largest absolute Gasteiger partial charge is 0.478 e. The molecule has 0 bridgehead atoms. The van der Waals surface area contributed by atoms with Gasteiger partial charge in [0.1, 0.15) is 12.4 Å². The molecule has 0 amide bonds. The molecule has 0 spiro atoms. The van der Waals surface area contributed by atoms with E-state index in [0.717, 1.165) is 11.3 Å². The predicted molar refractivity (Wildman–Crippen MR) is 79.1 cm³/mol. The van der Waals surface area contributed by atoms with Crippen molar-refractivity contribution in [3.63, 3.8) is 0 Å². The van der Waals surface area contributed by atoms with Gasteiger partial charge in [0, 0.05) is 4.90 Å². The number of rotatable bonds is 5. The van der Waals surface area contributed by atoms with Gasteiger partial charge >= 0.3 is 0 Å². The molecule has 0 fully saturated rings. The molecule has 1 heterocycles. The summed E-state index contributed by atoms with van der Waals surface area (Å²) in [5.74, 6) is 1.64. The maximum Gasteiger partial charge on any atom is 0.197 e. The third-order valence-corrected chi connectivity index (χ3v) is 4.36. The van der Waals surface area contributed by atoms with Crippen molar-refractivity contribution in [2.45, 2.75) is 38.1 Å². The molecule has 104 valence electrons. The van der Waals surface area contributed by atoms with Crippen LogP contribution in [0.3, 0.4) is 0 Å². The van der Waals surface area contributed by atoms with Crippen molar-refractivity contribution in [2.75, 3.05) is 12.4 Å². The fourth-order valence-electron chi connectivity index (χ4n) is 2.10. The highest BCUT2D eigenvalue weighted by molar-refractivity contribution is 7.85. The summed E-state index contributed by atoms with van der Waals surface area (Å²) in [5.41, 5.74) is 1.17. The van der Waals surface area contributed by atoms with Gasteiger partial charge in [0.2, 0.25) is 0 Å². The molecule has 1 aromatic rings. The summed E-state index contributed by atoms with van der Waals surface area (Å²) in [5, 5.41) is 0. The lowest BCUT2D eigenvalue weighted by Gasteiger charge is -2.06. The third-order valence-electron chi connectivity index (χ3n) is 3.05. The minimum Gasteiger partial charge on any atom is -0.478 e. The molecule has 0 saturated carbocycles. The number of aryl methyl sites for hydroxylation is 1. The molecule has 19 heavy (non-hydrogen) atoms. The van der Waals surface area contributed by atoms with E-state index in [1.807, 2.05) is 31.2 Å². The zero-order valence-electron chi connectivity index (χ0n) is 11.8. The van der Waals surface area contributed by atoms with Crippen molar-refractivity contribution in [2.24, 2.45) is 10.9 Å². The van der Waals surface area contributed by atoms with E-state index < -0.39 is 10.8 Å². The highest BCUT2D eigenvalue weighted by atomic mass is 32.2. The van der Waals surface area contributed by atoms with E-state index in [1.165, 1.54) is 5.56 Å². The Morgan fingerprint density at radius 2 is 2.05 bits per heavy atom. The molecule has 0 aromatic heterocycles. The van der Waals surface area contributed by atoms with Crippen LogP contribution >= 0.6 is 0 Å². The van der Waals surface area contributed by atoms with Crippen LogP contribution in [0.15, 0.2) is 34.2 Å². The van der Waals surface area contributed by atoms with Crippen LogP contribution in [0.5, 0.6) is 0 Å². The first kappa shape index (κ1) is 14.3. The first-order valence-electron chi connectivity index (χ1n) is 6.69. The van der Waals surface area contributed by atoms with Crippen molar-refractivity contribution in [3.8, 4) is 0 Å². The smallest absolute Gasteiger partial charge is 0.197 e. The number of benzene rings is 1. The molecule has 1 aromatic carbocycles. The van der Waals surface area contributed by atoms with E-state index >= 15 is 0 Å². The number of ether oxygens (including phenoxy) is 1. The van der Waals surface area contributed by atoms with Crippen molar-refractivity contribution in [3.05, 3.63) is 29.8 Å². The molecule has 1 unspecified atom stereocenters. The summed E-state index contributed by atoms with van der Waals surface area (Å²) in [6, 6.07) is 8.02. The van der Waals surface area contributed by atoms with Crippen LogP contribution in [0.1, 0.15) is 25.8 Å². The summed E-state index contributed by atoms with van der Waals surface area (Å²) in [6.07, 6.45) is 1.03. The quantitative estimate of drug-likeness (QED) is 0.831. The first-order chi connectivity index (χ1) is 9.04. The topological polar surface area (TPSA) is 38.7 Å². The molecule has 0 saturated heterocycles. The maximum absolute atomic E-state index is 12.2. The van der Waals surface area contributed by atoms with Crippen LogP contribution in [0.4, 0.5) is 0 Å². The van der Waals surface area contributed by atoms with Crippen molar-refractivity contribution in [1.82, 2.24) is 0 Å². The third kappa shape index (κ3) is 4.16. The van der Waals surface area contributed by atoms with E-state index in [2.05, 4.69) is 18.8 Å². The summed E-state index contributed by atoms with van der Waals surface area (Å²) in [4.78, 5) is 5.35. The lowest BCUT2D eigenvalue weighted by Crippen LogP contribution is -2.11. The van der Waals surface area contributed by atoms with Crippen LogP contribution in [-0.4, -0.2) is 28.5 Å². The normalized spacial score (nSPS) is 20.2. The molecule has 1 aliphatic rings. The Morgan fingerprint density at radius 3 is 2.68 bits per heavy atom. The maximum atomic E-state index is 12.2. The van der Waals surface area contributed by atoms with Gasteiger partial charge in [-0.2, -0.15) is 0 Å². The number of hydrogen-bond donors (Lipinski definition) is 0. The van der Waals surface area contributed by atoms with Crippen molar-refractivity contribution >= 4 is 16.7 Å². The van der Waals surface area contributed by atoms with E-state index in [0.29, 0.717) is 24.2 Å². The highest BCUT2D eigenvalue weighted by Crippen LogP contribution is 2.16. The van der Waals surface area contributed by atoms with E-state index in [4.69, 9.17) is 4.74 Å². The number of hydrogen-bond acceptors (Lipinski definition) is 3. The molecule has 0 aliphatic carbocycles. The molecule has 4 heteroatoms. The minimum atomic E-state index is -1.06. The van der Waals surface area contributed by atoms with Gasteiger partial charge in [-0.25, -0.2) is 4.99 Å². The molecular weight excluding hydrogens is 258 g/mol. The Kier molecular flexibility index (Phi) is 4.75. The zero-order valence-corrected chi connectivity index (χ0v) is 12.6. The summed E-state index contributed by atoms with van der Waals surface area (Å²) in [7, 11) is -1.06. The first-order valence-corrected chi connectivity index (χ1v) is 8.01. The number of nitrogens with zero attached hydrogens (tertiary/aromatic N) is 1. The molecule has 1 aliphatic heterocycles. The summed E-state index contributed by atoms with van der Waals surface area (Å²) < 4.78 is 17.7. The van der Waals surface area contributed by atoms with Crippen LogP contribution in [0.2, 0.25) is 0 Å². The van der Waals surface area contributed by atoms with E-state index in [9.17, 15) is 4.21 Å². The molecule has 3 nitrogen and oxygen atoms in total. The SMILES string of the molecule is Cc1ccc(S(=O)CC2=N[C@@H](CC(C)C)CO2)cc1. The van der Waals surface area contributed by atoms with Crippen LogP contribution in [0, 0.1) is 12.8 Å². The Balaban J connectivity index is 1.94. The monoisotopic (exact) mass is 279 g/mol. The van der Waals surface area contributed by atoms with E-state index in [-0.39, 0.29) is 6.04 Å². The van der Waals surface area contributed by atoms with Gasteiger partial charge in [-0.15, -0.1) is 0 Å². The Labute approximate surface area is 117 Å². The molecule has 0 radical (unpaired) electrons. The van der Waals surface area contributed by atoms with Gasteiger partial charge in [0.15, 0.2) is 5.90 Å². The van der Waals surface area contributed by atoms with Crippen molar-refractivity contribution < 1.29 is 8.95 Å². The van der Waals surface area contributed by atoms with Gasteiger partial charge < -0.3 is 4.74 Å². The van der Waals surface area contributed by atoms with Crippen LogP contribution < -0.4 is 0 Å². The average Bonchev–Trinajstić information content (AvgIpc) is 2.76. The van der Waals surface area contributed by atoms with Gasteiger partial charge in [0.05, 0.1) is 16.8 Å². The van der Waals surface area contributed by atoms with Gasteiger partial charge in [-0.3, -0.25) is 4.21 Å². The minimum absolute atomic E-state index is 0.241. The number of aliphatic imine (C=N–C) groups is 1. The molecule has 0 N–H and O–H groups in total. The van der Waals surface area contributed by atoms with Gasteiger partial charge in [0.25, 0.3) is 0 Å². The van der Waals surface area contributed by atoms with E-state index in [1.54, 1.807) is 0 Å². The second kappa shape index (κ2) is 6.33. The molecule has 2 atom stereocenters. The standard InChI is InChI=1S/C15H21NO2S/c1-11(2)8-13-9-18-15(16-13)10-19(17)14-6-4-12(3)5-7-14/h4-7,11,13H,8-10H2,1-3H3/t13-,19?/m0/s1. The lowest BCUT2D eigenvalue weighted by molar-refractivity contribution is 0.299. The highest BCUT2D eigenvalue weighted by Gasteiger charge is 2.21. The van der Waals surface area contributed by atoms with Gasteiger partial charge in [-0.05, 0) is 31.4 Å². The van der Waals surface area contributed by atoms with Crippen LogP contribution in [-0.2, 0) is 15.5 Å². The van der Waals surface area contributed by atoms with Gasteiger partial charge in [-0.1, -0.05) is 31.5 Å². The Hall–Kier alpha value is -1.16. The predicted octanol–water partition coefficient (Wildman–Crippen LogP) is 2.95. The fraction of sp³-hybridized carbons (Fsp3) is 0.533. The van der Waals surface area contributed by atoms with Crippen LogP contribution in [0.25, 0.3) is 0 Å². The Morgan fingerprint density at radius 1 is 1.37 bits per heavy atom. The average molecular weight is 279 g/mol. The lowest BCUT2D eigenvalue weighted by atomic mass is 10.1. The van der Waals surface area contributed by atoms with Crippen molar-refractivity contribution in [1.29, 1.82) is 0 Å².